The van der Waals surface area contributed by atoms with E-state index < -0.39 is 35.3 Å². The smallest absolute Gasteiger partial charge is 0.347 e. The van der Waals surface area contributed by atoms with E-state index in [9.17, 15) is 30.7 Å². The van der Waals surface area contributed by atoms with Gasteiger partial charge in [0.2, 0.25) is 0 Å². The topological polar surface area (TPSA) is 30.9 Å². The summed E-state index contributed by atoms with van der Waals surface area (Å²) >= 11 is 0. The Kier molecular flexibility index (Phi) is 5.63. The minimum atomic E-state index is -4.80. The van der Waals surface area contributed by atoms with E-state index in [2.05, 4.69) is 0 Å². The van der Waals surface area contributed by atoms with Crippen molar-refractivity contribution >= 4 is 10.9 Å². The van der Waals surface area contributed by atoms with Gasteiger partial charge in [-0.1, -0.05) is 39.0 Å². The van der Waals surface area contributed by atoms with E-state index in [-0.39, 0.29) is 34.0 Å². The Morgan fingerprint density at radius 3 is 2.16 bits per heavy atom. The molecular formula is C22H21F7N2. The molecule has 0 bridgehead atoms. The molecule has 2 N–H and O–H groups in total. The summed E-state index contributed by atoms with van der Waals surface area (Å²) in [4.78, 5) is 0. The third kappa shape index (κ3) is 4.71. The van der Waals surface area contributed by atoms with Crippen molar-refractivity contribution < 1.29 is 30.7 Å². The number of alkyl halides is 6. The standard InChI is InChI=1S/C22H21F7N2/c1-20(2,3)11-31-10-14(19(30)22(27,28)29)13-8-7-12(9-17(13)31)18-15(21(24,25)26)5-4-6-16(18)23/h4-10,19H,11,30H2,1-3H3/t19-/m0/s1. The van der Waals surface area contributed by atoms with Gasteiger partial charge in [0.05, 0.1) is 5.56 Å². The van der Waals surface area contributed by atoms with Gasteiger partial charge in [0.15, 0.2) is 0 Å². The first kappa shape index (κ1) is 23.1. The summed E-state index contributed by atoms with van der Waals surface area (Å²) in [6, 6.07) is 4.10. The molecule has 1 heterocycles. The minimum absolute atomic E-state index is 0.0849. The Morgan fingerprint density at radius 2 is 1.61 bits per heavy atom. The predicted molar refractivity (Wildman–Crippen MR) is 105 cm³/mol. The van der Waals surface area contributed by atoms with E-state index in [1.165, 1.54) is 29.0 Å². The van der Waals surface area contributed by atoms with Gasteiger partial charge in [-0.05, 0) is 29.2 Å². The zero-order valence-corrected chi connectivity index (χ0v) is 17.0. The third-order valence-electron chi connectivity index (χ3n) is 4.85. The molecule has 3 rings (SSSR count). The maximum absolute atomic E-state index is 14.5. The zero-order chi connectivity index (χ0) is 23.4. The first-order valence-corrected chi connectivity index (χ1v) is 9.41. The molecule has 0 spiro atoms. The Morgan fingerprint density at radius 1 is 0.968 bits per heavy atom. The van der Waals surface area contributed by atoms with Crippen LogP contribution in [-0.2, 0) is 12.7 Å². The summed E-state index contributed by atoms with van der Waals surface area (Å²) in [7, 11) is 0. The highest BCUT2D eigenvalue weighted by Gasteiger charge is 2.40. The molecule has 0 aliphatic heterocycles. The Labute approximate surface area is 174 Å². The fourth-order valence-electron chi connectivity index (χ4n) is 3.60. The van der Waals surface area contributed by atoms with Crippen LogP contribution in [0.1, 0.15) is 37.9 Å². The molecule has 0 amide bonds. The maximum Gasteiger partial charge on any atom is 0.417 e. The van der Waals surface area contributed by atoms with Gasteiger partial charge >= 0.3 is 12.4 Å². The van der Waals surface area contributed by atoms with Crippen LogP contribution in [0.25, 0.3) is 22.0 Å². The summed E-state index contributed by atoms with van der Waals surface area (Å²) in [5.74, 6) is -1.07. The van der Waals surface area contributed by atoms with Crippen LogP contribution in [-0.4, -0.2) is 10.7 Å². The molecule has 1 atom stereocenters. The van der Waals surface area contributed by atoms with Crippen molar-refractivity contribution in [2.24, 2.45) is 11.1 Å². The number of hydrogen-bond donors (Lipinski definition) is 1. The van der Waals surface area contributed by atoms with Crippen molar-refractivity contribution in [3.8, 4) is 11.1 Å². The normalized spacial score (nSPS) is 14.3. The Bertz CT molecular complexity index is 1100. The number of rotatable bonds is 3. The van der Waals surface area contributed by atoms with Crippen molar-refractivity contribution in [1.82, 2.24) is 4.57 Å². The average Bonchev–Trinajstić information content (AvgIpc) is 2.95. The largest absolute Gasteiger partial charge is 0.417 e. The van der Waals surface area contributed by atoms with Crippen molar-refractivity contribution in [2.75, 3.05) is 0 Å². The molecule has 2 nitrogen and oxygen atoms in total. The van der Waals surface area contributed by atoms with Crippen LogP contribution < -0.4 is 5.73 Å². The first-order chi connectivity index (χ1) is 14.1. The summed E-state index contributed by atoms with van der Waals surface area (Å²) in [5.41, 5.74) is 3.23. The lowest BCUT2D eigenvalue weighted by Gasteiger charge is -2.20. The van der Waals surface area contributed by atoms with Gasteiger partial charge < -0.3 is 10.3 Å². The fraction of sp³-hybridized carbons (Fsp3) is 0.364. The molecule has 0 fully saturated rings. The molecule has 0 aliphatic rings. The van der Waals surface area contributed by atoms with Gasteiger partial charge in [-0.25, -0.2) is 4.39 Å². The number of aromatic nitrogens is 1. The van der Waals surface area contributed by atoms with E-state index in [0.717, 1.165) is 18.2 Å². The lowest BCUT2D eigenvalue weighted by atomic mass is 9.96. The Hall–Kier alpha value is -2.55. The monoisotopic (exact) mass is 446 g/mol. The van der Waals surface area contributed by atoms with Gasteiger partial charge in [-0.3, -0.25) is 0 Å². The van der Waals surface area contributed by atoms with Gasteiger partial charge in [0.1, 0.15) is 11.9 Å². The van der Waals surface area contributed by atoms with Crippen LogP contribution in [0, 0.1) is 11.2 Å². The van der Waals surface area contributed by atoms with E-state index in [1.54, 1.807) is 0 Å². The molecule has 31 heavy (non-hydrogen) atoms. The highest BCUT2D eigenvalue weighted by Crippen LogP contribution is 2.41. The lowest BCUT2D eigenvalue weighted by molar-refractivity contribution is -0.148. The molecule has 9 heteroatoms. The lowest BCUT2D eigenvalue weighted by Crippen LogP contribution is -2.28. The van der Waals surface area contributed by atoms with Crippen LogP contribution in [0.2, 0.25) is 0 Å². The summed E-state index contributed by atoms with van der Waals surface area (Å²) in [6.07, 6.45) is -8.23. The Balaban J connectivity index is 2.29. The molecular weight excluding hydrogens is 425 g/mol. The van der Waals surface area contributed by atoms with Crippen molar-refractivity contribution in [3.05, 3.63) is 59.5 Å². The van der Waals surface area contributed by atoms with Crippen LogP contribution in [0.3, 0.4) is 0 Å². The van der Waals surface area contributed by atoms with Gasteiger partial charge in [0.25, 0.3) is 0 Å². The summed E-state index contributed by atoms with van der Waals surface area (Å²) in [6.45, 7) is 5.88. The SMILES string of the molecule is CC(C)(C)Cn1cc([C@H](N)C(F)(F)F)c2ccc(-c3c(F)cccc3C(F)(F)F)cc21. The van der Waals surface area contributed by atoms with Crippen LogP contribution in [0.4, 0.5) is 30.7 Å². The number of nitrogens with two attached hydrogens (primary N) is 1. The van der Waals surface area contributed by atoms with Crippen molar-refractivity contribution in [3.63, 3.8) is 0 Å². The third-order valence-corrected chi connectivity index (χ3v) is 4.85. The van der Waals surface area contributed by atoms with Crippen molar-refractivity contribution in [2.45, 2.75) is 45.7 Å². The van der Waals surface area contributed by atoms with Gasteiger partial charge in [0, 0.05) is 34.8 Å². The van der Waals surface area contributed by atoms with E-state index in [1.807, 2.05) is 20.8 Å². The molecule has 0 saturated carbocycles. The number of nitrogens with zero attached hydrogens (tertiary/aromatic N) is 1. The molecule has 3 aromatic rings. The van der Waals surface area contributed by atoms with E-state index in [0.29, 0.717) is 0 Å². The summed E-state index contributed by atoms with van der Waals surface area (Å²) in [5, 5.41) is 0.155. The van der Waals surface area contributed by atoms with Crippen LogP contribution in [0.5, 0.6) is 0 Å². The predicted octanol–water partition coefficient (Wildman–Crippen LogP) is 7.07. The number of fused-ring (bicyclic) bond motifs is 1. The summed E-state index contributed by atoms with van der Waals surface area (Å²) < 4.78 is 96.2. The maximum atomic E-state index is 14.5. The van der Waals surface area contributed by atoms with Gasteiger partial charge in [-0.15, -0.1) is 0 Å². The second kappa shape index (κ2) is 7.55. The fourth-order valence-corrected chi connectivity index (χ4v) is 3.60. The number of hydrogen-bond acceptors (Lipinski definition) is 1. The average molecular weight is 446 g/mol. The molecule has 0 saturated heterocycles. The molecule has 168 valence electrons. The quantitative estimate of drug-likeness (QED) is 0.429. The minimum Gasteiger partial charge on any atom is -0.347 e. The van der Waals surface area contributed by atoms with Gasteiger partial charge in [-0.2, -0.15) is 26.3 Å². The molecule has 2 aromatic carbocycles. The second-order valence-electron chi connectivity index (χ2n) is 8.68. The highest BCUT2D eigenvalue weighted by molar-refractivity contribution is 5.89. The molecule has 1 aromatic heterocycles. The molecule has 0 unspecified atom stereocenters. The van der Waals surface area contributed by atoms with E-state index >= 15 is 0 Å². The van der Waals surface area contributed by atoms with Crippen molar-refractivity contribution in [1.29, 1.82) is 0 Å². The number of benzene rings is 2. The van der Waals surface area contributed by atoms with E-state index in [4.69, 9.17) is 5.73 Å². The van der Waals surface area contributed by atoms with Crippen LogP contribution >= 0.6 is 0 Å². The highest BCUT2D eigenvalue weighted by atomic mass is 19.4. The van der Waals surface area contributed by atoms with Crippen LogP contribution in [0.15, 0.2) is 42.6 Å². The first-order valence-electron chi connectivity index (χ1n) is 9.41. The molecule has 0 radical (unpaired) electrons. The second-order valence-corrected chi connectivity index (χ2v) is 8.68. The molecule has 0 aliphatic carbocycles. The zero-order valence-electron chi connectivity index (χ0n) is 17.0. The number of halogens is 7.